The first-order valence-corrected chi connectivity index (χ1v) is 17.6. The summed E-state index contributed by atoms with van der Waals surface area (Å²) in [7, 11) is 2.89. The van der Waals surface area contributed by atoms with E-state index in [0.29, 0.717) is 18.6 Å². The molecule has 0 radical (unpaired) electrons. The van der Waals surface area contributed by atoms with Gasteiger partial charge in [-0.05, 0) is 77.0 Å². The van der Waals surface area contributed by atoms with E-state index in [1.165, 1.54) is 117 Å². The maximum absolute atomic E-state index is 11.6. The second kappa shape index (κ2) is 33.6. The molecule has 1 aliphatic carbocycles. The molecular weight excluding hydrogens is 524 g/mol. The molecule has 0 aliphatic heterocycles. The Morgan fingerprint density at radius 2 is 0.905 bits per heavy atom. The Labute approximate surface area is 259 Å². The van der Waals surface area contributed by atoms with Crippen LogP contribution in [0.15, 0.2) is 24.3 Å². The van der Waals surface area contributed by atoms with Crippen LogP contribution >= 0.6 is 0 Å². The lowest BCUT2D eigenvalue weighted by atomic mass is 10.0. The summed E-state index contributed by atoms with van der Waals surface area (Å²) in [5, 5.41) is 0. The minimum absolute atomic E-state index is 0.0959. The van der Waals surface area contributed by atoms with E-state index >= 15 is 0 Å². The van der Waals surface area contributed by atoms with Gasteiger partial charge in [-0.15, -0.1) is 0 Å². The summed E-state index contributed by atoms with van der Waals surface area (Å²) in [4.78, 5) is 33.5. The molecule has 5 heteroatoms. The molecule has 0 saturated carbocycles. The van der Waals surface area contributed by atoms with Crippen LogP contribution in [-0.2, 0) is 23.9 Å². The molecule has 244 valence electrons. The van der Waals surface area contributed by atoms with Crippen molar-refractivity contribution in [3.05, 3.63) is 24.3 Å². The van der Waals surface area contributed by atoms with Gasteiger partial charge in [0.2, 0.25) is 0 Å². The predicted octanol–water partition coefficient (Wildman–Crippen LogP) is 10.9. The van der Waals surface area contributed by atoms with E-state index < -0.39 is 0 Å². The third-order valence-corrected chi connectivity index (χ3v) is 7.94. The van der Waals surface area contributed by atoms with Gasteiger partial charge in [-0.25, -0.2) is 0 Å². The van der Waals surface area contributed by atoms with Crippen molar-refractivity contribution in [1.29, 1.82) is 0 Å². The average molecular weight is 591 g/mol. The number of allylic oxidation sites excluding steroid dienone is 4. The Morgan fingerprint density at radius 3 is 1.33 bits per heavy atom. The SMILES string of the molecule is COC(=O)CCCCCCCC=CCCCCCCCC(=O)OC.O=C1CCCCCCCC=CCCCCCCC1. The average Bonchev–Trinajstić information content (AvgIpc) is 3.00. The highest BCUT2D eigenvalue weighted by atomic mass is 16.5. The van der Waals surface area contributed by atoms with Gasteiger partial charge in [0.15, 0.2) is 0 Å². The summed E-state index contributed by atoms with van der Waals surface area (Å²) < 4.78 is 9.23. The largest absolute Gasteiger partial charge is 0.469 e. The van der Waals surface area contributed by atoms with E-state index in [-0.39, 0.29) is 11.9 Å². The maximum Gasteiger partial charge on any atom is 0.305 e. The van der Waals surface area contributed by atoms with E-state index in [4.69, 9.17) is 0 Å². The predicted molar refractivity (Wildman–Crippen MR) is 177 cm³/mol. The minimum atomic E-state index is -0.0959. The van der Waals surface area contributed by atoms with Crippen molar-refractivity contribution in [1.82, 2.24) is 0 Å². The molecule has 1 aliphatic rings. The van der Waals surface area contributed by atoms with E-state index in [9.17, 15) is 14.4 Å². The zero-order chi connectivity index (χ0) is 30.8. The van der Waals surface area contributed by atoms with Gasteiger partial charge in [0.05, 0.1) is 14.2 Å². The van der Waals surface area contributed by atoms with Gasteiger partial charge in [-0.1, -0.05) is 101 Å². The number of unbranched alkanes of at least 4 members (excludes halogenated alkanes) is 10. The van der Waals surface area contributed by atoms with Gasteiger partial charge in [0.1, 0.15) is 5.78 Å². The fourth-order valence-electron chi connectivity index (χ4n) is 5.15. The smallest absolute Gasteiger partial charge is 0.305 e. The molecule has 0 aromatic carbocycles. The summed E-state index contributed by atoms with van der Waals surface area (Å²) in [5.74, 6) is 0.309. The number of ether oxygens (including phenoxy) is 2. The van der Waals surface area contributed by atoms with Crippen LogP contribution in [0, 0.1) is 0 Å². The Kier molecular flexibility index (Phi) is 32.1. The lowest BCUT2D eigenvalue weighted by Crippen LogP contribution is -1.99. The van der Waals surface area contributed by atoms with Crippen LogP contribution < -0.4 is 0 Å². The number of carbonyl (C=O) groups is 3. The second-order valence-corrected chi connectivity index (χ2v) is 11.9. The van der Waals surface area contributed by atoms with Crippen molar-refractivity contribution < 1.29 is 23.9 Å². The third kappa shape index (κ3) is 32.6. The molecule has 0 saturated heterocycles. The van der Waals surface area contributed by atoms with Gasteiger partial charge < -0.3 is 9.47 Å². The van der Waals surface area contributed by atoms with E-state index in [1.807, 2.05) is 0 Å². The molecule has 0 heterocycles. The lowest BCUT2D eigenvalue weighted by Gasteiger charge is -2.02. The number of hydrogen-bond donors (Lipinski definition) is 0. The van der Waals surface area contributed by atoms with Gasteiger partial charge in [-0.3, -0.25) is 14.4 Å². The number of esters is 2. The van der Waals surface area contributed by atoms with Crippen LogP contribution in [0.25, 0.3) is 0 Å². The van der Waals surface area contributed by atoms with Crippen molar-refractivity contribution in [3.63, 3.8) is 0 Å². The van der Waals surface area contributed by atoms with E-state index in [2.05, 4.69) is 33.8 Å². The monoisotopic (exact) mass is 590 g/mol. The van der Waals surface area contributed by atoms with Crippen LogP contribution in [0.4, 0.5) is 0 Å². The van der Waals surface area contributed by atoms with Gasteiger partial charge in [0.25, 0.3) is 0 Å². The lowest BCUT2D eigenvalue weighted by molar-refractivity contribution is -0.141. The molecule has 0 fully saturated rings. The van der Waals surface area contributed by atoms with E-state index in [1.54, 1.807) is 0 Å². The molecule has 0 N–H and O–H groups in total. The van der Waals surface area contributed by atoms with Crippen molar-refractivity contribution >= 4 is 17.7 Å². The fraction of sp³-hybridized carbons (Fsp3) is 0.811. The first kappa shape index (κ1) is 40.1. The molecule has 0 amide bonds. The van der Waals surface area contributed by atoms with Gasteiger partial charge in [-0.2, -0.15) is 0 Å². The molecule has 5 nitrogen and oxygen atoms in total. The van der Waals surface area contributed by atoms with Crippen molar-refractivity contribution in [2.24, 2.45) is 0 Å². The fourth-order valence-corrected chi connectivity index (χ4v) is 5.15. The molecule has 0 aromatic rings. The quantitative estimate of drug-likeness (QED) is 0.102. The summed E-state index contributed by atoms with van der Waals surface area (Å²) in [5.41, 5.74) is 0. The molecule has 0 aromatic heterocycles. The molecule has 0 bridgehead atoms. The summed E-state index contributed by atoms with van der Waals surface area (Å²) in [6, 6.07) is 0. The zero-order valence-corrected chi connectivity index (χ0v) is 27.6. The van der Waals surface area contributed by atoms with Crippen LogP contribution in [0.1, 0.15) is 180 Å². The van der Waals surface area contributed by atoms with Crippen LogP contribution in [0.2, 0.25) is 0 Å². The Balaban J connectivity index is 0.000000831. The Hall–Kier alpha value is -1.91. The third-order valence-electron chi connectivity index (χ3n) is 7.94. The number of hydrogen-bond acceptors (Lipinski definition) is 5. The summed E-state index contributed by atoms with van der Waals surface area (Å²) in [6.07, 6.45) is 41.1. The van der Waals surface area contributed by atoms with Crippen LogP contribution in [0.3, 0.4) is 0 Å². The zero-order valence-electron chi connectivity index (χ0n) is 27.6. The van der Waals surface area contributed by atoms with Crippen LogP contribution in [-0.4, -0.2) is 31.9 Å². The molecular formula is C37H66O5. The molecule has 0 unspecified atom stereocenters. The maximum atomic E-state index is 11.6. The van der Waals surface area contributed by atoms with Gasteiger partial charge in [0, 0.05) is 25.7 Å². The highest BCUT2D eigenvalue weighted by Crippen LogP contribution is 2.13. The van der Waals surface area contributed by atoms with E-state index in [0.717, 1.165) is 64.2 Å². The standard InChI is InChI=1S/C20H36O4.C17H30O/c1-23-19(21)17-15-13-11-9-7-5-3-4-6-8-10-12-14-16-18-20(22)24-2;18-17-15-13-11-9-7-5-3-1-2-4-6-8-10-12-14-16-17/h3-4H,5-18H2,1-2H3;1-2H,3-16H2. The normalized spacial score (nSPS) is 15.9. The summed E-state index contributed by atoms with van der Waals surface area (Å²) in [6.45, 7) is 0. The molecule has 0 spiro atoms. The molecule has 42 heavy (non-hydrogen) atoms. The van der Waals surface area contributed by atoms with Crippen molar-refractivity contribution in [3.8, 4) is 0 Å². The molecule has 0 atom stereocenters. The number of carbonyl (C=O) groups excluding carboxylic acids is 3. The topological polar surface area (TPSA) is 69.7 Å². The number of Topliss-reactive ketones (excluding diaryl/α,β-unsaturated/α-hetero) is 1. The first-order chi connectivity index (χ1) is 20.6. The van der Waals surface area contributed by atoms with Crippen molar-refractivity contribution in [2.45, 2.75) is 180 Å². The second-order valence-electron chi connectivity index (χ2n) is 11.9. The minimum Gasteiger partial charge on any atom is -0.469 e. The Bertz CT molecular complexity index is 628. The number of methoxy groups -OCH3 is 2. The number of rotatable bonds is 16. The Morgan fingerprint density at radius 1 is 0.548 bits per heavy atom. The highest BCUT2D eigenvalue weighted by molar-refractivity contribution is 5.78. The molecule has 1 rings (SSSR count). The number of ketones is 1. The van der Waals surface area contributed by atoms with Crippen molar-refractivity contribution in [2.75, 3.05) is 14.2 Å². The van der Waals surface area contributed by atoms with Crippen LogP contribution in [0.5, 0.6) is 0 Å². The first-order valence-electron chi connectivity index (χ1n) is 17.6. The highest BCUT2D eigenvalue weighted by Gasteiger charge is 2.02. The van der Waals surface area contributed by atoms with Gasteiger partial charge >= 0.3 is 11.9 Å². The summed E-state index contributed by atoms with van der Waals surface area (Å²) >= 11 is 0.